The molecule has 3 aromatic rings. The van der Waals surface area contributed by atoms with Gasteiger partial charge in [0.05, 0.1) is 6.61 Å². The van der Waals surface area contributed by atoms with Crippen molar-refractivity contribution in [3.05, 3.63) is 81.8 Å². The fourth-order valence-corrected chi connectivity index (χ4v) is 3.39. The highest BCUT2D eigenvalue weighted by atomic mass is 35.5. The first kappa shape index (κ1) is 22.8. The number of hydrogen-bond donors (Lipinski definition) is 2. The molecule has 0 heterocycles. The third kappa shape index (κ3) is 6.81. The summed E-state index contributed by atoms with van der Waals surface area (Å²) in [6.07, 6.45) is 0. The van der Waals surface area contributed by atoms with Crippen LogP contribution in [0.25, 0.3) is 0 Å². The second-order valence-corrected chi connectivity index (χ2v) is 7.69. The molecule has 0 saturated heterocycles. The Morgan fingerprint density at radius 3 is 2.32 bits per heavy atom. The Morgan fingerprint density at radius 1 is 0.903 bits per heavy atom. The van der Waals surface area contributed by atoms with Gasteiger partial charge in [0.15, 0.2) is 11.5 Å². The standard InChI is InChI=1S/C24H24Cl2N2O3/c1-3-30-24-12-17(14-27-20-7-9-21(10-8-20)28-16(2)29)4-11-23(24)31-15-18-5-6-19(25)13-22(18)26/h4-13,27H,3,14-15H2,1-2H3,(H,28,29). The molecule has 0 aromatic heterocycles. The number of rotatable bonds is 9. The zero-order valence-electron chi connectivity index (χ0n) is 17.4. The van der Waals surface area contributed by atoms with Crippen LogP contribution in [-0.4, -0.2) is 12.5 Å². The molecule has 0 unspecified atom stereocenters. The maximum absolute atomic E-state index is 11.1. The van der Waals surface area contributed by atoms with E-state index in [9.17, 15) is 4.79 Å². The maximum Gasteiger partial charge on any atom is 0.221 e. The van der Waals surface area contributed by atoms with Gasteiger partial charge in [0.25, 0.3) is 0 Å². The number of benzene rings is 3. The van der Waals surface area contributed by atoms with Gasteiger partial charge in [-0.3, -0.25) is 4.79 Å². The molecule has 2 N–H and O–H groups in total. The second-order valence-electron chi connectivity index (χ2n) is 6.85. The molecule has 3 rings (SSSR count). The highest BCUT2D eigenvalue weighted by Crippen LogP contribution is 2.31. The minimum absolute atomic E-state index is 0.0928. The molecule has 0 aliphatic carbocycles. The summed E-state index contributed by atoms with van der Waals surface area (Å²) >= 11 is 12.2. The van der Waals surface area contributed by atoms with E-state index in [1.54, 1.807) is 12.1 Å². The van der Waals surface area contributed by atoms with Gasteiger partial charge < -0.3 is 20.1 Å². The van der Waals surface area contributed by atoms with Crippen LogP contribution in [0.5, 0.6) is 11.5 Å². The van der Waals surface area contributed by atoms with Crippen molar-refractivity contribution in [1.82, 2.24) is 0 Å². The third-order valence-corrected chi connectivity index (χ3v) is 5.00. The SMILES string of the molecule is CCOc1cc(CNc2ccc(NC(C)=O)cc2)ccc1OCc1ccc(Cl)cc1Cl. The van der Waals surface area contributed by atoms with Crippen molar-refractivity contribution in [1.29, 1.82) is 0 Å². The zero-order valence-corrected chi connectivity index (χ0v) is 18.9. The van der Waals surface area contributed by atoms with Crippen molar-refractivity contribution in [2.24, 2.45) is 0 Å². The van der Waals surface area contributed by atoms with E-state index in [0.717, 1.165) is 22.5 Å². The Morgan fingerprint density at radius 2 is 1.65 bits per heavy atom. The van der Waals surface area contributed by atoms with Crippen LogP contribution < -0.4 is 20.1 Å². The lowest BCUT2D eigenvalue weighted by Crippen LogP contribution is -2.06. The number of ether oxygens (including phenoxy) is 2. The third-order valence-electron chi connectivity index (χ3n) is 4.41. The van der Waals surface area contributed by atoms with Gasteiger partial charge in [0, 0.05) is 40.5 Å². The minimum Gasteiger partial charge on any atom is -0.490 e. The molecule has 0 radical (unpaired) electrons. The normalized spacial score (nSPS) is 10.5. The van der Waals surface area contributed by atoms with Gasteiger partial charge in [-0.1, -0.05) is 35.3 Å². The Bertz CT molecular complexity index is 1040. The van der Waals surface area contributed by atoms with Gasteiger partial charge in [-0.2, -0.15) is 0 Å². The van der Waals surface area contributed by atoms with Gasteiger partial charge in [-0.15, -0.1) is 0 Å². The van der Waals surface area contributed by atoms with Gasteiger partial charge >= 0.3 is 0 Å². The Kier molecular flexibility index (Phi) is 8.04. The first-order valence-corrected chi connectivity index (χ1v) is 10.6. The quantitative estimate of drug-likeness (QED) is 0.381. The minimum atomic E-state index is -0.0928. The highest BCUT2D eigenvalue weighted by Gasteiger charge is 2.09. The Hall–Kier alpha value is -2.89. The van der Waals surface area contributed by atoms with Crippen LogP contribution in [0, 0.1) is 0 Å². The number of amides is 1. The van der Waals surface area contributed by atoms with Gasteiger partial charge in [-0.25, -0.2) is 0 Å². The van der Waals surface area contributed by atoms with Crippen LogP contribution in [-0.2, 0) is 17.9 Å². The summed E-state index contributed by atoms with van der Waals surface area (Å²) in [7, 11) is 0. The number of nitrogens with one attached hydrogen (secondary N) is 2. The smallest absolute Gasteiger partial charge is 0.221 e. The van der Waals surface area contributed by atoms with Crippen LogP contribution in [0.15, 0.2) is 60.7 Å². The monoisotopic (exact) mass is 458 g/mol. The number of anilines is 2. The molecule has 7 heteroatoms. The van der Waals surface area contributed by atoms with Crippen molar-refractivity contribution >= 4 is 40.5 Å². The summed E-state index contributed by atoms with van der Waals surface area (Å²) in [6, 6.07) is 18.7. The number of carbonyl (C=O) groups is 1. The van der Waals surface area contributed by atoms with Gasteiger partial charge in [0.2, 0.25) is 5.91 Å². The molecule has 3 aromatic carbocycles. The largest absolute Gasteiger partial charge is 0.490 e. The number of carbonyl (C=O) groups excluding carboxylic acids is 1. The average molecular weight is 459 g/mol. The lowest BCUT2D eigenvalue weighted by atomic mass is 10.2. The van der Waals surface area contributed by atoms with E-state index in [4.69, 9.17) is 32.7 Å². The molecular weight excluding hydrogens is 435 g/mol. The van der Waals surface area contributed by atoms with Crippen molar-refractivity contribution in [3.63, 3.8) is 0 Å². The van der Waals surface area contributed by atoms with Gasteiger partial charge in [0.1, 0.15) is 6.61 Å². The first-order valence-electron chi connectivity index (χ1n) is 9.88. The molecule has 0 saturated carbocycles. The fraction of sp³-hybridized carbons (Fsp3) is 0.208. The summed E-state index contributed by atoms with van der Waals surface area (Å²) in [5.74, 6) is 1.23. The number of halogens is 2. The van der Waals surface area contributed by atoms with E-state index in [-0.39, 0.29) is 5.91 Å². The lowest BCUT2D eigenvalue weighted by Gasteiger charge is -2.15. The fourth-order valence-electron chi connectivity index (χ4n) is 2.92. The van der Waals surface area contributed by atoms with Crippen molar-refractivity contribution in [2.45, 2.75) is 27.0 Å². The molecular formula is C24H24Cl2N2O3. The van der Waals surface area contributed by atoms with Crippen LogP contribution >= 0.6 is 23.2 Å². The van der Waals surface area contributed by atoms with E-state index >= 15 is 0 Å². The number of hydrogen-bond acceptors (Lipinski definition) is 4. The van der Waals surface area contributed by atoms with Crippen molar-refractivity contribution in [2.75, 3.05) is 17.2 Å². The molecule has 0 fully saturated rings. The summed E-state index contributed by atoms with van der Waals surface area (Å²) in [4.78, 5) is 11.1. The topological polar surface area (TPSA) is 59.6 Å². The van der Waals surface area contributed by atoms with Crippen LogP contribution in [0.4, 0.5) is 11.4 Å². The molecule has 0 bridgehead atoms. The predicted molar refractivity (Wildman–Crippen MR) is 126 cm³/mol. The van der Waals surface area contributed by atoms with Gasteiger partial charge in [-0.05, 0) is 61.0 Å². The molecule has 31 heavy (non-hydrogen) atoms. The molecule has 0 aliphatic rings. The van der Waals surface area contributed by atoms with Crippen LogP contribution in [0.3, 0.4) is 0 Å². The second kappa shape index (κ2) is 10.9. The molecule has 0 spiro atoms. The van der Waals surface area contributed by atoms with Crippen molar-refractivity contribution in [3.8, 4) is 11.5 Å². The summed E-state index contributed by atoms with van der Waals surface area (Å²) in [5.41, 5.74) is 3.61. The highest BCUT2D eigenvalue weighted by molar-refractivity contribution is 6.35. The van der Waals surface area contributed by atoms with Crippen molar-refractivity contribution < 1.29 is 14.3 Å². The lowest BCUT2D eigenvalue weighted by molar-refractivity contribution is -0.114. The van der Waals surface area contributed by atoms with E-state index < -0.39 is 0 Å². The van der Waals surface area contributed by atoms with Crippen LogP contribution in [0.2, 0.25) is 10.0 Å². The molecule has 0 aliphatic heterocycles. The van der Waals surface area contributed by atoms with E-state index in [2.05, 4.69) is 10.6 Å². The van der Waals surface area contributed by atoms with E-state index in [1.165, 1.54) is 6.92 Å². The summed E-state index contributed by atoms with van der Waals surface area (Å²) < 4.78 is 11.7. The first-order chi connectivity index (χ1) is 14.9. The molecule has 1 amide bonds. The zero-order chi connectivity index (χ0) is 22.2. The van der Waals surface area contributed by atoms with E-state index in [1.807, 2.05) is 55.5 Å². The predicted octanol–water partition coefficient (Wildman–Crippen LogP) is 6.54. The van der Waals surface area contributed by atoms with Crippen LogP contribution in [0.1, 0.15) is 25.0 Å². The molecule has 5 nitrogen and oxygen atoms in total. The Balaban J connectivity index is 1.64. The van der Waals surface area contributed by atoms with E-state index in [0.29, 0.717) is 41.3 Å². The average Bonchev–Trinajstić information content (AvgIpc) is 2.73. The maximum atomic E-state index is 11.1. The summed E-state index contributed by atoms with van der Waals surface area (Å²) in [5, 5.41) is 7.27. The summed E-state index contributed by atoms with van der Waals surface area (Å²) in [6.45, 7) is 4.87. The Labute approximate surface area is 192 Å². The molecule has 0 atom stereocenters. The molecule has 162 valence electrons.